The molecule has 86 valence electrons. The molecule has 1 aromatic heterocycles. The van der Waals surface area contributed by atoms with Crippen molar-refractivity contribution in [2.24, 2.45) is 7.05 Å². The maximum atomic E-state index is 11.4. The van der Waals surface area contributed by atoms with Crippen LogP contribution in [0.4, 0.5) is 0 Å². The van der Waals surface area contributed by atoms with Crippen LogP contribution in [0, 0.1) is 0 Å². The van der Waals surface area contributed by atoms with Gasteiger partial charge >= 0.3 is 0 Å². The second kappa shape index (κ2) is 3.75. The molecule has 0 fully saturated rings. The highest BCUT2D eigenvalue weighted by Crippen LogP contribution is 2.26. The van der Waals surface area contributed by atoms with Crippen molar-refractivity contribution < 1.29 is 8.42 Å². The molecule has 1 aromatic carbocycles. The fourth-order valence-electron chi connectivity index (χ4n) is 1.79. The molecule has 0 saturated heterocycles. The van der Waals surface area contributed by atoms with Crippen LogP contribution in [0.2, 0.25) is 0 Å². The molecular weight excluding hydrogens is 248 g/mol. The highest BCUT2D eigenvalue weighted by Gasteiger charge is 2.18. The molecule has 6 heteroatoms. The third-order valence-corrected chi connectivity index (χ3v) is 3.88. The number of rotatable bonds is 2. The van der Waals surface area contributed by atoms with Crippen LogP contribution in [0.3, 0.4) is 0 Å². The number of aromatic nitrogens is 2. The van der Waals surface area contributed by atoms with Gasteiger partial charge in [-0.2, -0.15) is 0 Å². The minimum Gasteiger partial charge on any atom is -0.330 e. The van der Waals surface area contributed by atoms with Crippen LogP contribution in [-0.4, -0.2) is 18.0 Å². The molecule has 1 heterocycles. The molecule has 0 saturated carbocycles. The van der Waals surface area contributed by atoms with E-state index in [4.69, 9.17) is 10.7 Å². The summed E-state index contributed by atoms with van der Waals surface area (Å²) in [6.07, 6.45) is 0.743. The molecule has 0 spiro atoms. The summed E-state index contributed by atoms with van der Waals surface area (Å²) >= 11 is 0. The Labute approximate surface area is 98.3 Å². The van der Waals surface area contributed by atoms with Gasteiger partial charge in [-0.25, -0.2) is 13.4 Å². The summed E-state index contributed by atoms with van der Waals surface area (Å²) in [6.45, 7) is 1.97. The van der Waals surface area contributed by atoms with Gasteiger partial charge in [-0.15, -0.1) is 0 Å². The maximum absolute atomic E-state index is 11.4. The molecule has 0 bridgehead atoms. The number of hydrogen-bond donors (Lipinski definition) is 0. The molecule has 4 nitrogen and oxygen atoms in total. The Bertz CT molecular complexity index is 646. The van der Waals surface area contributed by atoms with Crippen LogP contribution in [0.5, 0.6) is 0 Å². The van der Waals surface area contributed by atoms with Gasteiger partial charge < -0.3 is 4.57 Å². The summed E-state index contributed by atoms with van der Waals surface area (Å²) in [5, 5.41) is 0. The number of halogens is 1. The van der Waals surface area contributed by atoms with Crippen molar-refractivity contribution in [1.29, 1.82) is 0 Å². The number of para-hydroxylation sites is 1. The summed E-state index contributed by atoms with van der Waals surface area (Å²) in [5.74, 6) is 0.836. The first-order chi connectivity index (χ1) is 7.45. The van der Waals surface area contributed by atoms with E-state index in [0.29, 0.717) is 11.0 Å². The second-order valence-electron chi connectivity index (χ2n) is 3.50. The third kappa shape index (κ3) is 1.70. The monoisotopic (exact) mass is 258 g/mol. The summed E-state index contributed by atoms with van der Waals surface area (Å²) in [5.41, 5.74) is 1.22. The van der Waals surface area contributed by atoms with Gasteiger partial charge in [0.1, 0.15) is 10.7 Å². The van der Waals surface area contributed by atoms with E-state index < -0.39 is 9.05 Å². The predicted octanol–water partition coefficient (Wildman–Crippen LogP) is 2.06. The molecule has 0 atom stereocenters. The van der Waals surface area contributed by atoms with Gasteiger partial charge in [0.15, 0.2) is 0 Å². The average molecular weight is 259 g/mol. The lowest BCUT2D eigenvalue weighted by Crippen LogP contribution is -1.99. The zero-order valence-electron chi connectivity index (χ0n) is 8.94. The van der Waals surface area contributed by atoms with Gasteiger partial charge in [0, 0.05) is 24.2 Å². The van der Waals surface area contributed by atoms with Crippen molar-refractivity contribution in [3.63, 3.8) is 0 Å². The van der Waals surface area contributed by atoms with Crippen molar-refractivity contribution in [3.05, 3.63) is 24.0 Å². The lowest BCUT2D eigenvalue weighted by atomic mass is 10.3. The molecule has 0 aliphatic heterocycles. The number of hydrogen-bond acceptors (Lipinski definition) is 3. The quantitative estimate of drug-likeness (QED) is 0.775. The standard InChI is InChI=1S/C10H11ClN2O2S/c1-3-9-12-7-5-4-6-8(16(11,14)15)10(7)13(9)2/h4-6H,3H2,1-2H3. The average Bonchev–Trinajstić information content (AvgIpc) is 2.54. The van der Waals surface area contributed by atoms with Crippen LogP contribution in [-0.2, 0) is 22.5 Å². The van der Waals surface area contributed by atoms with Crippen molar-refractivity contribution >= 4 is 30.8 Å². The molecule has 0 amide bonds. The van der Waals surface area contributed by atoms with Crippen molar-refractivity contribution in [1.82, 2.24) is 9.55 Å². The number of aryl methyl sites for hydroxylation is 2. The Morgan fingerprint density at radius 2 is 2.12 bits per heavy atom. The first kappa shape index (κ1) is 11.4. The van der Waals surface area contributed by atoms with Gasteiger partial charge in [0.05, 0.1) is 11.0 Å². The second-order valence-corrected chi connectivity index (χ2v) is 6.04. The summed E-state index contributed by atoms with van der Waals surface area (Å²) in [7, 11) is 3.45. The van der Waals surface area contributed by atoms with Crippen LogP contribution < -0.4 is 0 Å². The Morgan fingerprint density at radius 3 is 2.69 bits per heavy atom. The zero-order chi connectivity index (χ0) is 11.9. The fraction of sp³-hybridized carbons (Fsp3) is 0.300. The van der Waals surface area contributed by atoms with E-state index in [2.05, 4.69) is 4.98 Å². The number of fused-ring (bicyclic) bond motifs is 1. The van der Waals surface area contributed by atoms with Crippen LogP contribution in [0.1, 0.15) is 12.7 Å². The Morgan fingerprint density at radius 1 is 1.44 bits per heavy atom. The Balaban J connectivity index is 2.92. The van der Waals surface area contributed by atoms with E-state index in [0.717, 1.165) is 12.2 Å². The van der Waals surface area contributed by atoms with Gasteiger partial charge in [0.25, 0.3) is 9.05 Å². The first-order valence-corrected chi connectivity index (χ1v) is 7.15. The number of imidazole rings is 1. The third-order valence-electron chi connectivity index (χ3n) is 2.53. The molecule has 2 aromatic rings. The van der Waals surface area contributed by atoms with Crippen LogP contribution in [0.25, 0.3) is 11.0 Å². The molecule has 2 rings (SSSR count). The molecule has 16 heavy (non-hydrogen) atoms. The Hall–Kier alpha value is -1.07. The summed E-state index contributed by atoms with van der Waals surface area (Å²) in [4.78, 5) is 4.46. The normalized spacial score (nSPS) is 12.2. The maximum Gasteiger partial charge on any atom is 0.263 e. The first-order valence-electron chi connectivity index (χ1n) is 4.84. The van der Waals surface area contributed by atoms with Crippen LogP contribution in [0.15, 0.2) is 23.1 Å². The molecule has 0 radical (unpaired) electrons. The molecule has 0 unspecified atom stereocenters. The van der Waals surface area contributed by atoms with E-state index >= 15 is 0 Å². The van der Waals surface area contributed by atoms with Gasteiger partial charge in [-0.1, -0.05) is 13.0 Å². The van der Waals surface area contributed by atoms with Crippen LogP contribution >= 0.6 is 10.7 Å². The number of benzene rings is 1. The molecule has 0 N–H and O–H groups in total. The minimum absolute atomic E-state index is 0.112. The van der Waals surface area contributed by atoms with E-state index in [9.17, 15) is 8.42 Å². The van der Waals surface area contributed by atoms with Crippen molar-refractivity contribution in [2.45, 2.75) is 18.2 Å². The summed E-state index contributed by atoms with van der Waals surface area (Å²) in [6, 6.07) is 4.91. The van der Waals surface area contributed by atoms with E-state index in [1.54, 1.807) is 23.7 Å². The lowest BCUT2D eigenvalue weighted by Gasteiger charge is -2.02. The summed E-state index contributed by atoms with van der Waals surface area (Å²) < 4.78 is 24.6. The lowest BCUT2D eigenvalue weighted by molar-refractivity contribution is 0.610. The van der Waals surface area contributed by atoms with Gasteiger partial charge in [0.2, 0.25) is 0 Å². The topological polar surface area (TPSA) is 52.0 Å². The smallest absolute Gasteiger partial charge is 0.263 e. The van der Waals surface area contributed by atoms with Gasteiger partial charge in [-0.3, -0.25) is 0 Å². The van der Waals surface area contributed by atoms with E-state index in [-0.39, 0.29) is 4.90 Å². The SMILES string of the molecule is CCc1nc2cccc(S(=O)(=O)Cl)c2n1C. The molecule has 0 aliphatic rings. The minimum atomic E-state index is -3.74. The largest absolute Gasteiger partial charge is 0.330 e. The molecule has 0 aliphatic carbocycles. The molecular formula is C10H11ClN2O2S. The van der Waals surface area contributed by atoms with Crippen molar-refractivity contribution in [3.8, 4) is 0 Å². The zero-order valence-corrected chi connectivity index (χ0v) is 10.5. The fourth-order valence-corrected chi connectivity index (χ4v) is 2.88. The van der Waals surface area contributed by atoms with E-state index in [1.807, 2.05) is 6.92 Å². The highest BCUT2D eigenvalue weighted by molar-refractivity contribution is 8.14. The van der Waals surface area contributed by atoms with E-state index in [1.165, 1.54) is 6.07 Å². The highest BCUT2D eigenvalue weighted by atomic mass is 35.7. The Kier molecular flexibility index (Phi) is 2.67. The van der Waals surface area contributed by atoms with Gasteiger partial charge in [-0.05, 0) is 12.1 Å². The van der Waals surface area contributed by atoms with Crippen molar-refractivity contribution in [2.75, 3.05) is 0 Å². The number of nitrogens with zero attached hydrogens (tertiary/aromatic N) is 2. The predicted molar refractivity (Wildman–Crippen MR) is 63.1 cm³/mol.